The third-order valence-corrected chi connectivity index (χ3v) is 6.71. The first kappa shape index (κ1) is 27.8. The molecule has 0 spiro atoms. The lowest BCUT2D eigenvalue weighted by atomic mass is 9.93. The molecule has 192 valence electrons. The molecule has 1 heterocycles. The molecule has 0 aromatic heterocycles. The number of nitrogens with zero attached hydrogens (tertiary/aromatic N) is 2. The van der Waals surface area contributed by atoms with Crippen LogP contribution in [0, 0.1) is 27.7 Å². The molecular weight excluding hydrogens is 446 g/mol. The van der Waals surface area contributed by atoms with Crippen molar-refractivity contribution in [1.82, 2.24) is 0 Å². The Hall–Kier alpha value is -2.49. The fourth-order valence-corrected chi connectivity index (χ4v) is 4.60. The van der Waals surface area contributed by atoms with E-state index in [1.54, 1.807) is 4.90 Å². The average molecular weight is 485 g/mol. The Kier molecular flexibility index (Phi) is 10.9. The van der Waals surface area contributed by atoms with E-state index in [0.717, 1.165) is 32.1 Å². The highest BCUT2D eigenvalue weighted by molar-refractivity contribution is 5.82. The quantitative estimate of drug-likeness (QED) is 0.188. The number of nitro groups is 1. The van der Waals surface area contributed by atoms with Gasteiger partial charge in [-0.1, -0.05) is 33.1 Å². The molecule has 1 aliphatic heterocycles. The third kappa shape index (κ3) is 6.77. The van der Waals surface area contributed by atoms with Gasteiger partial charge in [0.2, 0.25) is 0 Å². The fraction of sp³-hybridized carbons (Fsp3) is 0.708. The maximum Gasteiger partial charge on any atom is 0.326 e. The van der Waals surface area contributed by atoms with Crippen molar-refractivity contribution in [3.05, 3.63) is 27.3 Å². The van der Waals surface area contributed by atoms with Crippen molar-refractivity contribution in [2.24, 2.45) is 11.7 Å². The van der Waals surface area contributed by atoms with Crippen molar-refractivity contribution in [1.29, 1.82) is 0 Å². The van der Waals surface area contributed by atoms with E-state index in [9.17, 15) is 20.0 Å². The number of carboxylic acid groups (broad SMARTS) is 1. The monoisotopic (exact) mass is 484 g/mol. The number of carboxylic acids is 1. The molecule has 1 aromatic carbocycles. The zero-order valence-electron chi connectivity index (χ0n) is 20.2. The summed E-state index contributed by atoms with van der Waals surface area (Å²) in [4.78, 5) is 24.7. The number of hydrogen-bond acceptors (Lipinski definition) is 6. The van der Waals surface area contributed by atoms with E-state index in [1.807, 2.05) is 6.92 Å². The van der Waals surface area contributed by atoms with Crippen molar-refractivity contribution in [3.8, 4) is 0 Å². The van der Waals surface area contributed by atoms with Gasteiger partial charge in [0.1, 0.15) is 11.7 Å². The number of rotatable bonds is 14. The minimum atomic E-state index is -1.26. The van der Waals surface area contributed by atoms with Crippen molar-refractivity contribution >= 4 is 23.0 Å². The van der Waals surface area contributed by atoms with Crippen LogP contribution >= 0.6 is 0 Å². The molecule has 1 aliphatic rings. The van der Waals surface area contributed by atoms with E-state index in [-0.39, 0.29) is 24.1 Å². The van der Waals surface area contributed by atoms with Crippen LogP contribution in [-0.2, 0) is 11.2 Å². The third-order valence-electron chi connectivity index (χ3n) is 6.71. The standard InChI is InChI=1S/C24H38F2N4O4/c1-3-5-6-9-17-19(25)23(29-14-11-16(4-2)12-15-29)20(26)21(22(17)30(33)34)28-18(24(31)32)10-7-8-13-27/h16,18,28H,3-15,27H2,1-2H3,(H,31,32)/t18-/m0/s1. The number of anilines is 2. The van der Waals surface area contributed by atoms with Crippen LogP contribution in [0.15, 0.2) is 0 Å². The first-order valence-corrected chi connectivity index (χ1v) is 12.4. The van der Waals surface area contributed by atoms with Crippen LogP contribution in [0.3, 0.4) is 0 Å². The van der Waals surface area contributed by atoms with Crippen LogP contribution in [0.5, 0.6) is 0 Å². The first-order chi connectivity index (χ1) is 16.3. The van der Waals surface area contributed by atoms with E-state index in [0.29, 0.717) is 44.8 Å². The Morgan fingerprint density at radius 1 is 1.21 bits per heavy atom. The summed E-state index contributed by atoms with van der Waals surface area (Å²) in [7, 11) is 0. The summed E-state index contributed by atoms with van der Waals surface area (Å²) < 4.78 is 31.6. The topological polar surface area (TPSA) is 122 Å². The lowest BCUT2D eigenvalue weighted by Crippen LogP contribution is -2.36. The van der Waals surface area contributed by atoms with Gasteiger partial charge in [-0.3, -0.25) is 10.1 Å². The number of halogens is 2. The van der Waals surface area contributed by atoms with Crippen LogP contribution in [0.1, 0.15) is 77.2 Å². The van der Waals surface area contributed by atoms with E-state index < -0.39 is 39.9 Å². The number of hydrogen-bond donors (Lipinski definition) is 3. The lowest BCUT2D eigenvalue weighted by molar-refractivity contribution is -0.385. The Bertz CT molecular complexity index is 845. The van der Waals surface area contributed by atoms with Gasteiger partial charge in [0.05, 0.1) is 10.5 Å². The van der Waals surface area contributed by atoms with Gasteiger partial charge in [-0.2, -0.15) is 0 Å². The van der Waals surface area contributed by atoms with Crippen LogP contribution < -0.4 is 16.0 Å². The summed E-state index contributed by atoms with van der Waals surface area (Å²) in [6, 6.07) is -1.26. The van der Waals surface area contributed by atoms with Crippen molar-refractivity contribution in [2.75, 3.05) is 29.9 Å². The number of nitrogens with one attached hydrogen (secondary N) is 1. The van der Waals surface area contributed by atoms with Gasteiger partial charge < -0.3 is 21.1 Å². The van der Waals surface area contributed by atoms with Gasteiger partial charge in [-0.25, -0.2) is 13.6 Å². The van der Waals surface area contributed by atoms with Crippen LogP contribution in [0.2, 0.25) is 0 Å². The molecule has 1 atom stereocenters. The van der Waals surface area contributed by atoms with Gasteiger partial charge in [0.25, 0.3) is 0 Å². The highest BCUT2D eigenvalue weighted by atomic mass is 19.1. The molecule has 0 amide bonds. The molecule has 8 nitrogen and oxygen atoms in total. The number of piperidine rings is 1. The summed E-state index contributed by atoms with van der Waals surface area (Å²) in [6.07, 6.45) is 5.83. The zero-order chi connectivity index (χ0) is 25.3. The predicted octanol–water partition coefficient (Wildman–Crippen LogP) is 5.23. The zero-order valence-corrected chi connectivity index (χ0v) is 20.2. The van der Waals surface area contributed by atoms with E-state index >= 15 is 8.78 Å². The van der Waals surface area contributed by atoms with Crippen LogP contribution in [-0.4, -0.2) is 41.7 Å². The van der Waals surface area contributed by atoms with Crippen molar-refractivity contribution in [3.63, 3.8) is 0 Å². The van der Waals surface area contributed by atoms with Crippen LogP contribution in [0.25, 0.3) is 0 Å². The Labute approximate surface area is 200 Å². The molecule has 4 N–H and O–H groups in total. The minimum Gasteiger partial charge on any atom is -0.480 e. The Balaban J connectivity index is 2.59. The highest BCUT2D eigenvalue weighted by Gasteiger charge is 2.36. The van der Waals surface area contributed by atoms with Crippen molar-refractivity contribution < 1.29 is 23.6 Å². The molecule has 34 heavy (non-hydrogen) atoms. The summed E-state index contributed by atoms with van der Waals surface area (Å²) in [5.41, 5.74) is 3.78. The first-order valence-electron chi connectivity index (χ1n) is 12.4. The normalized spacial score (nSPS) is 15.4. The second kappa shape index (κ2) is 13.4. The van der Waals surface area contributed by atoms with E-state index in [1.165, 1.54) is 0 Å². The van der Waals surface area contributed by atoms with Gasteiger partial charge in [-0.15, -0.1) is 0 Å². The van der Waals surface area contributed by atoms with Crippen LogP contribution in [0.4, 0.5) is 25.8 Å². The molecule has 0 bridgehead atoms. The number of unbranched alkanes of at least 4 members (excludes halogenated alkanes) is 3. The molecule has 0 unspecified atom stereocenters. The highest BCUT2D eigenvalue weighted by Crippen LogP contribution is 2.43. The Morgan fingerprint density at radius 2 is 1.88 bits per heavy atom. The number of carbonyl (C=O) groups is 1. The SMILES string of the molecule is CCCCCc1c(F)c(N2CCC(CC)CC2)c(F)c(N[C@@H](CCCCN)C(=O)O)c1[N+](=O)[O-]. The fourth-order valence-electron chi connectivity index (χ4n) is 4.60. The maximum absolute atomic E-state index is 15.8. The molecule has 0 saturated carbocycles. The van der Waals surface area contributed by atoms with Crippen molar-refractivity contribution in [2.45, 2.75) is 84.1 Å². The molecule has 1 saturated heterocycles. The Morgan fingerprint density at radius 3 is 2.41 bits per heavy atom. The molecule has 10 heteroatoms. The number of aliphatic carboxylic acids is 1. The molecule has 1 fully saturated rings. The summed E-state index contributed by atoms with van der Waals surface area (Å²) in [6.45, 7) is 5.30. The predicted molar refractivity (Wildman–Crippen MR) is 129 cm³/mol. The summed E-state index contributed by atoms with van der Waals surface area (Å²) in [5.74, 6) is -2.78. The summed E-state index contributed by atoms with van der Waals surface area (Å²) >= 11 is 0. The number of nitro benzene ring substituents is 1. The molecular formula is C24H38F2N4O4. The second-order valence-corrected chi connectivity index (χ2v) is 9.05. The molecule has 0 aliphatic carbocycles. The molecule has 0 radical (unpaired) electrons. The smallest absolute Gasteiger partial charge is 0.326 e. The number of benzene rings is 1. The largest absolute Gasteiger partial charge is 0.480 e. The van der Waals surface area contributed by atoms with Gasteiger partial charge in [-0.05, 0) is 57.4 Å². The lowest BCUT2D eigenvalue weighted by Gasteiger charge is -2.34. The molecule has 1 aromatic rings. The molecule has 2 rings (SSSR count). The van der Waals surface area contributed by atoms with E-state index in [4.69, 9.17) is 5.73 Å². The summed E-state index contributed by atoms with van der Waals surface area (Å²) in [5, 5.41) is 24.2. The van der Waals surface area contributed by atoms with Gasteiger partial charge >= 0.3 is 11.7 Å². The second-order valence-electron chi connectivity index (χ2n) is 9.05. The van der Waals surface area contributed by atoms with Gasteiger partial charge in [0.15, 0.2) is 17.3 Å². The minimum absolute atomic E-state index is 0.0777. The van der Waals surface area contributed by atoms with Gasteiger partial charge in [0, 0.05) is 13.1 Å². The average Bonchev–Trinajstić information content (AvgIpc) is 2.81. The number of nitrogens with two attached hydrogens (primary N) is 1. The maximum atomic E-state index is 15.8. The van der Waals surface area contributed by atoms with E-state index in [2.05, 4.69) is 12.2 Å².